The first-order valence-corrected chi connectivity index (χ1v) is 9.06. The van der Waals surface area contributed by atoms with Crippen molar-refractivity contribution < 1.29 is 9.15 Å². The highest BCUT2D eigenvalue weighted by molar-refractivity contribution is 6.31. The number of hydrogen-bond donors (Lipinski definition) is 0. The highest BCUT2D eigenvalue weighted by atomic mass is 35.5. The first kappa shape index (κ1) is 15.8. The van der Waals surface area contributed by atoms with Crippen LogP contribution < -0.4 is 4.74 Å². The van der Waals surface area contributed by atoms with Crippen molar-refractivity contribution in [2.45, 2.75) is 18.7 Å². The van der Waals surface area contributed by atoms with E-state index < -0.39 is 0 Å². The number of ether oxygens (including phenoxy) is 1. The van der Waals surface area contributed by atoms with Crippen LogP contribution in [0.4, 0.5) is 0 Å². The second-order valence-corrected chi connectivity index (χ2v) is 7.20. The van der Waals surface area contributed by atoms with Gasteiger partial charge in [-0.3, -0.25) is 0 Å². The second kappa shape index (κ2) is 6.08. The van der Waals surface area contributed by atoms with E-state index in [0.29, 0.717) is 10.0 Å². The highest BCUT2D eigenvalue weighted by Crippen LogP contribution is 2.48. The average Bonchev–Trinajstić information content (AvgIpc) is 3.31. The molecule has 0 bridgehead atoms. The molecule has 0 aliphatic carbocycles. The molecule has 0 amide bonds. The molecule has 0 N–H and O–H groups in total. The van der Waals surface area contributed by atoms with Crippen LogP contribution in [0.3, 0.4) is 0 Å². The maximum Gasteiger partial charge on any atom is 0.213 e. The summed E-state index contributed by atoms with van der Waals surface area (Å²) < 4.78 is 11.8. The first-order chi connectivity index (χ1) is 12.7. The lowest BCUT2D eigenvalue weighted by Gasteiger charge is -2.38. The molecular weight excluding hydrogens is 371 g/mol. The largest absolute Gasteiger partial charge is 0.464 e. The van der Waals surface area contributed by atoms with Crippen LogP contribution in [0.1, 0.15) is 35.6 Å². The summed E-state index contributed by atoms with van der Waals surface area (Å²) in [6, 6.07) is 17.2. The Morgan fingerprint density at radius 3 is 2.69 bits per heavy atom. The molecule has 3 aromatic rings. The van der Waals surface area contributed by atoms with Crippen molar-refractivity contribution in [1.29, 1.82) is 0 Å². The van der Waals surface area contributed by atoms with Crippen LogP contribution in [0, 0.1) is 0 Å². The van der Waals surface area contributed by atoms with Gasteiger partial charge in [0.05, 0.1) is 12.3 Å². The Morgan fingerprint density at radius 2 is 1.88 bits per heavy atom. The average molecular weight is 385 g/mol. The minimum atomic E-state index is -0.361. The zero-order valence-electron chi connectivity index (χ0n) is 13.6. The molecule has 130 valence electrons. The third-order valence-electron chi connectivity index (χ3n) is 4.69. The standard InChI is InChI=1S/C20H14Cl2N2O2/c21-13-4-1-3-12(9-13)20-24-17(11-16(23-24)19-5-2-8-25-19)15-10-14(22)6-7-18(15)26-20/h1-10,17,20H,11H2/t17-,20+/m0/s1. The first-order valence-electron chi connectivity index (χ1n) is 8.30. The quantitative estimate of drug-likeness (QED) is 0.557. The molecule has 6 heteroatoms. The van der Waals surface area contributed by atoms with E-state index in [1.165, 1.54) is 0 Å². The van der Waals surface area contributed by atoms with E-state index >= 15 is 0 Å². The van der Waals surface area contributed by atoms with Gasteiger partial charge in [0.15, 0.2) is 0 Å². The molecule has 5 rings (SSSR count). The zero-order valence-corrected chi connectivity index (χ0v) is 15.1. The Kier molecular flexibility index (Phi) is 3.69. The maximum atomic E-state index is 6.28. The van der Waals surface area contributed by atoms with Crippen LogP contribution >= 0.6 is 23.2 Å². The van der Waals surface area contributed by atoms with Crippen molar-refractivity contribution >= 4 is 28.9 Å². The van der Waals surface area contributed by atoms with Gasteiger partial charge in [-0.25, -0.2) is 5.01 Å². The molecular formula is C20H14Cl2N2O2. The number of halogens is 2. The lowest BCUT2D eigenvalue weighted by Crippen LogP contribution is -2.33. The van der Waals surface area contributed by atoms with Crippen molar-refractivity contribution in [2.24, 2.45) is 5.10 Å². The van der Waals surface area contributed by atoms with Crippen LogP contribution in [-0.4, -0.2) is 10.7 Å². The topological polar surface area (TPSA) is 38.0 Å². The van der Waals surface area contributed by atoms with Gasteiger partial charge in [-0.1, -0.05) is 35.3 Å². The van der Waals surface area contributed by atoms with Gasteiger partial charge in [0.25, 0.3) is 0 Å². The predicted molar refractivity (Wildman–Crippen MR) is 101 cm³/mol. The molecule has 2 aromatic carbocycles. The molecule has 2 aliphatic rings. The molecule has 0 saturated heterocycles. The van der Waals surface area contributed by atoms with Crippen molar-refractivity contribution in [3.63, 3.8) is 0 Å². The molecule has 0 radical (unpaired) electrons. The van der Waals surface area contributed by atoms with Crippen molar-refractivity contribution in [3.8, 4) is 5.75 Å². The van der Waals surface area contributed by atoms with Gasteiger partial charge in [0.2, 0.25) is 6.23 Å². The normalized spacial score (nSPS) is 21.0. The summed E-state index contributed by atoms with van der Waals surface area (Å²) in [4.78, 5) is 0. The molecule has 4 nitrogen and oxygen atoms in total. The molecule has 0 saturated carbocycles. The summed E-state index contributed by atoms with van der Waals surface area (Å²) in [5.41, 5.74) is 2.87. The number of furan rings is 1. The fourth-order valence-electron chi connectivity index (χ4n) is 3.53. The number of nitrogens with zero attached hydrogens (tertiary/aromatic N) is 2. The van der Waals surface area contributed by atoms with Crippen LogP contribution in [0.25, 0.3) is 0 Å². The predicted octanol–water partition coefficient (Wildman–Crippen LogP) is 5.83. The van der Waals surface area contributed by atoms with Gasteiger partial charge in [0.1, 0.15) is 17.2 Å². The van der Waals surface area contributed by atoms with Crippen LogP contribution in [-0.2, 0) is 0 Å². The number of rotatable bonds is 2. The SMILES string of the molecule is Clc1cccc([C@H]2Oc3ccc(Cl)cc3[C@@H]3CC(c4ccco4)=NN23)c1. The molecule has 2 aliphatic heterocycles. The number of fused-ring (bicyclic) bond motifs is 3. The van der Waals surface area contributed by atoms with Gasteiger partial charge in [-0.2, -0.15) is 5.10 Å². The molecule has 0 fully saturated rings. The smallest absolute Gasteiger partial charge is 0.213 e. The van der Waals surface area contributed by atoms with E-state index in [1.54, 1.807) is 6.26 Å². The summed E-state index contributed by atoms with van der Waals surface area (Å²) >= 11 is 12.4. The van der Waals surface area contributed by atoms with E-state index in [9.17, 15) is 0 Å². The Balaban J connectivity index is 1.63. The van der Waals surface area contributed by atoms with Crippen LogP contribution in [0.5, 0.6) is 5.75 Å². The Hall–Kier alpha value is -2.43. The lowest BCUT2D eigenvalue weighted by atomic mass is 9.97. The fourth-order valence-corrected chi connectivity index (χ4v) is 3.91. The number of benzene rings is 2. The van der Waals surface area contributed by atoms with E-state index in [2.05, 4.69) is 0 Å². The Bertz CT molecular complexity index is 1000. The zero-order chi connectivity index (χ0) is 17.7. The summed E-state index contributed by atoms with van der Waals surface area (Å²) in [5, 5.41) is 8.13. The number of hydrogen-bond acceptors (Lipinski definition) is 4. The minimum Gasteiger partial charge on any atom is -0.464 e. The van der Waals surface area contributed by atoms with Crippen molar-refractivity contribution in [1.82, 2.24) is 5.01 Å². The highest BCUT2D eigenvalue weighted by Gasteiger charge is 2.41. The van der Waals surface area contributed by atoms with Crippen LogP contribution in [0.15, 0.2) is 70.4 Å². The van der Waals surface area contributed by atoms with Gasteiger partial charge >= 0.3 is 0 Å². The van der Waals surface area contributed by atoms with Crippen molar-refractivity contribution in [2.75, 3.05) is 0 Å². The summed E-state index contributed by atoms with van der Waals surface area (Å²) in [6.45, 7) is 0. The Morgan fingerprint density at radius 1 is 1.00 bits per heavy atom. The molecule has 2 atom stereocenters. The second-order valence-electron chi connectivity index (χ2n) is 6.33. The number of hydrazone groups is 1. The van der Waals surface area contributed by atoms with Gasteiger partial charge < -0.3 is 9.15 Å². The Labute approximate surface area is 160 Å². The van der Waals surface area contributed by atoms with E-state index in [4.69, 9.17) is 37.5 Å². The maximum absolute atomic E-state index is 6.28. The monoisotopic (exact) mass is 384 g/mol. The summed E-state index contributed by atoms with van der Waals surface area (Å²) in [7, 11) is 0. The van der Waals surface area contributed by atoms with E-state index in [0.717, 1.165) is 34.8 Å². The molecule has 1 aromatic heterocycles. The summed E-state index contributed by atoms with van der Waals surface area (Å²) in [5.74, 6) is 1.59. The van der Waals surface area contributed by atoms with Crippen molar-refractivity contribution in [3.05, 3.63) is 87.8 Å². The third-order valence-corrected chi connectivity index (χ3v) is 5.16. The molecule has 3 heterocycles. The van der Waals surface area contributed by atoms with Gasteiger partial charge in [0, 0.05) is 27.6 Å². The van der Waals surface area contributed by atoms with Gasteiger partial charge in [-0.05, 0) is 42.5 Å². The van der Waals surface area contributed by atoms with E-state index in [-0.39, 0.29) is 12.3 Å². The molecule has 0 spiro atoms. The lowest BCUT2D eigenvalue weighted by molar-refractivity contribution is -0.0190. The molecule has 0 unspecified atom stereocenters. The fraction of sp³-hybridized carbons (Fsp3) is 0.150. The summed E-state index contributed by atoms with van der Waals surface area (Å²) in [6.07, 6.45) is 2.02. The molecule has 26 heavy (non-hydrogen) atoms. The van der Waals surface area contributed by atoms with Crippen LogP contribution in [0.2, 0.25) is 10.0 Å². The third kappa shape index (κ3) is 2.57. The minimum absolute atomic E-state index is 0.0292. The van der Waals surface area contributed by atoms with Gasteiger partial charge in [-0.15, -0.1) is 0 Å². The van der Waals surface area contributed by atoms with E-state index in [1.807, 2.05) is 59.6 Å².